The highest BCUT2D eigenvalue weighted by Crippen LogP contribution is 2.44. The molecule has 0 N–H and O–H groups in total. The lowest BCUT2D eigenvalue weighted by molar-refractivity contribution is 0.171. The van der Waals surface area contributed by atoms with Crippen molar-refractivity contribution in [3.05, 3.63) is 47.0 Å². The highest BCUT2D eigenvalue weighted by atomic mass is 35.5. The summed E-state index contributed by atoms with van der Waals surface area (Å²) in [6.45, 7) is 2.18. The van der Waals surface area contributed by atoms with Crippen molar-refractivity contribution in [2.24, 2.45) is 17.8 Å². The first-order valence-corrected chi connectivity index (χ1v) is 9.53. The van der Waals surface area contributed by atoms with Gasteiger partial charge >= 0.3 is 0 Å². The molecular formula is C21H29Cl. The van der Waals surface area contributed by atoms with Crippen LogP contribution < -0.4 is 0 Å². The van der Waals surface area contributed by atoms with Crippen LogP contribution in [-0.4, -0.2) is 0 Å². The van der Waals surface area contributed by atoms with Crippen molar-refractivity contribution in [1.82, 2.24) is 0 Å². The van der Waals surface area contributed by atoms with Crippen molar-refractivity contribution in [3.8, 4) is 0 Å². The summed E-state index contributed by atoms with van der Waals surface area (Å²) in [5, 5.41) is 0. The van der Waals surface area contributed by atoms with E-state index in [0.717, 1.165) is 23.7 Å². The lowest BCUT2D eigenvalue weighted by atomic mass is 9.68. The predicted molar refractivity (Wildman–Crippen MR) is 96.3 cm³/mol. The molecule has 0 unspecified atom stereocenters. The van der Waals surface area contributed by atoms with Crippen LogP contribution in [0.5, 0.6) is 0 Å². The van der Waals surface area contributed by atoms with Gasteiger partial charge in [0.2, 0.25) is 0 Å². The van der Waals surface area contributed by atoms with E-state index >= 15 is 0 Å². The summed E-state index contributed by atoms with van der Waals surface area (Å²) in [5.41, 5.74) is 4.66. The molecule has 2 aliphatic carbocycles. The summed E-state index contributed by atoms with van der Waals surface area (Å²) in [7, 11) is 0. The lowest BCUT2D eigenvalue weighted by Gasteiger charge is -2.37. The molecule has 0 atom stereocenters. The first kappa shape index (κ1) is 16.1. The van der Waals surface area contributed by atoms with Gasteiger partial charge in [0.15, 0.2) is 0 Å². The van der Waals surface area contributed by atoms with Gasteiger partial charge in [0, 0.05) is 5.54 Å². The zero-order valence-electron chi connectivity index (χ0n) is 13.8. The van der Waals surface area contributed by atoms with Crippen molar-refractivity contribution in [3.63, 3.8) is 0 Å². The average Bonchev–Trinajstić information content (AvgIpc) is 2.57. The fourth-order valence-corrected chi connectivity index (χ4v) is 4.88. The molecule has 0 amide bonds. The maximum absolute atomic E-state index is 5.72. The lowest BCUT2D eigenvalue weighted by Crippen LogP contribution is -2.25. The molecular weight excluding hydrogens is 288 g/mol. The average molecular weight is 317 g/mol. The molecule has 120 valence electrons. The van der Waals surface area contributed by atoms with Gasteiger partial charge in [-0.1, -0.05) is 47.5 Å². The molecule has 2 aliphatic rings. The van der Waals surface area contributed by atoms with Crippen LogP contribution in [0.2, 0.25) is 0 Å². The van der Waals surface area contributed by atoms with E-state index in [-0.39, 0.29) is 0 Å². The van der Waals surface area contributed by atoms with Crippen LogP contribution >= 0.6 is 11.6 Å². The summed E-state index contributed by atoms with van der Waals surface area (Å²) in [6.07, 6.45) is 13.4. The van der Waals surface area contributed by atoms with Gasteiger partial charge in [0.1, 0.15) is 0 Å². The molecule has 0 aliphatic heterocycles. The molecule has 1 aromatic rings. The van der Waals surface area contributed by atoms with Gasteiger partial charge in [-0.15, -0.1) is 0 Å². The van der Waals surface area contributed by atoms with Crippen molar-refractivity contribution in [1.29, 1.82) is 0 Å². The number of halogens is 1. The van der Waals surface area contributed by atoms with Gasteiger partial charge in [-0.25, -0.2) is 0 Å². The number of aryl methyl sites for hydroxylation is 1. The predicted octanol–water partition coefficient (Wildman–Crippen LogP) is 6.83. The Morgan fingerprint density at radius 3 is 1.91 bits per heavy atom. The summed E-state index contributed by atoms with van der Waals surface area (Å²) < 4.78 is 0. The van der Waals surface area contributed by atoms with E-state index in [1.54, 1.807) is 11.1 Å². The van der Waals surface area contributed by atoms with Crippen molar-refractivity contribution >= 4 is 11.6 Å². The molecule has 3 rings (SSSR count). The Kier molecular flexibility index (Phi) is 5.63. The topological polar surface area (TPSA) is 0 Å². The van der Waals surface area contributed by atoms with E-state index in [0.29, 0.717) is 0 Å². The molecule has 2 saturated carbocycles. The Morgan fingerprint density at radius 1 is 0.818 bits per heavy atom. The Bertz CT molecular complexity index is 471. The zero-order valence-corrected chi connectivity index (χ0v) is 14.6. The monoisotopic (exact) mass is 316 g/mol. The minimum atomic E-state index is 0.748. The van der Waals surface area contributed by atoms with Gasteiger partial charge in [0.25, 0.3) is 0 Å². The van der Waals surface area contributed by atoms with Gasteiger partial charge in [-0.2, -0.15) is 0 Å². The number of allylic oxidation sites excluding steroid dienone is 1. The van der Waals surface area contributed by atoms with E-state index in [4.69, 9.17) is 11.6 Å². The maximum Gasteiger partial charge on any atom is 0.000525 e. The van der Waals surface area contributed by atoms with Crippen molar-refractivity contribution in [2.75, 3.05) is 0 Å². The Labute approximate surface area is 141 Å². The van der Waals surface area contributed by atoms with Gasteiger partial charge in [-0.3, -0.25) is 0 Å². The molecule has 1 heteroatoms. The van der Waals surface area contributed by atoms with Crippen molar-refractivity contribution < 1.29 is 0 Å². The van der Waals surface area contributed by atoms with E-state index in [9.17, 15) is 0 Å². The molecule has 0 heterocycles. The molecule has 0 nitrogen and oxygen atoms in total. The summed E-state index contributed by atoms with van der Waals surface area (Å²) >= 11 is 5.72. The van der Waals surface area contributed by atoms with Crippen LogP contribution in [-0.2, 0) is 0 Å². The fraction of sp³-hybridized carbons (Fsp3) is 0.619. The van der Waals surface area contributed by atoms with Crippen LogP contribution in [0.1, 0.15) is 68.4 Å². The minimum Gasteiger partial charge on any atom is -0.0933 e. The first-order valence-electron chi connectivity index (χ1n) is 9.09. The maximum atomic E-state index is 5.72. The second-order valence-corrected chi connectivity index (χ2v) is 7.77. The highest BCUT2D eigenvalue weighted by Gasteiger charge is 2.30. The smallest absolute Gasteiger partial charge is 0.000525 e. The van der Waals surface area contributed by atoms with E-state index in [1.807, 2.05) is 0 Å². The van der Waals surface area contributed by atoms with Crippen LogP contribution in [0.4, 0.5) is 0 Å². The standard InChI is InChI=1S/C21H29Cl/c1-16-2-6-18(7-3-16)20-10-12-21(13-11-20)19-8-4-17(5-9-19)14-15-22/h2-3,6-7,14-15,17,19-21H,4-5,8-13H2,1H3. The van der Waals surface area contributed by atoms with Crippen LogP contribution in [0.15, 0.2) is 35.9 Å². The third-order valence-corrected chi connectivity index (χ3v) is 6.29. The summed E-state index contributed by atoms with van der Waals surface area (Å²) in [6, 6.07) is 9.24. The molecule has 22 heavy (non-hydrogen) atoms. The first-order chi connectivity index (χ1) is 10.8. The van der Waals surface area contributed by atoms with Gasteiger partial charge in [-0.05, 0) is 87.5 Å². The number of rotatable bonds is 3. The van der Waals surface area contributed by atoms with E-state index in [2.05, 4.69) is 37.3 Å². The second-order valence-electron chi connectivity index (χ2n) is 7.52. The van der Waals surface area contributed by atoms with Crippen LogP contribution in [0, 0.1) is 24.7 Å². The van der Waals surface area contributed by atoms with E-state index in [1.165, 1.54) is 56.9 Å². The molecule has 1 aromatic carbocycles. The molecule has 0 spiro atoms. The van der Waals surface area contributed by atoms with Crippen molar-refractivity contribution in [2.45, 2.75) is 64.2 Å². The molecule has 0 saturated heterocycles. The second kappa shape index (κ2) is 7.68. The summed E-state index contributed by atoms with van der Waals surface area (Å²) in [5.74, 6) is 3.53. The number of hydrogen-bond acceptors (Lipinski definition) is 0. The van der Waals surface area contributed by atoms with E-state index < -0.39 is 0 Å². The normalized spacial score (nSPS) is 33.2. The fourth-order valence-electron chi connectivity index (χ4n) is 4.67. The molecule has 0 aromatic heterocycles. The molecule has 0 radical (unpaired) electrons. The third kappa shape index (κ3) is 3.96. The zero-order chi connectivity index (χ0) is 15.4. The Morgan fingerprint density at radius 2 is 1.36 bits per heavy atom. The number of benzene rings is 1. The SMILES string of the molecule is Cc1ccc(C2CCC(C3CCC(C=CCl)CC3)CC2)cc1. The van der Waals surface area contributed by atoms with Crippen LogP contribution in [0.25, 0.3) is 0 Å². The third-order valence-electron chi connectivity index (χ3n) is 6.15. The Hall–Kier alpha value is -0.750. The quantitative estimate of drug-likeness (QED) is 0.573. The summed E-state index contributed by atoms with van der Waals surface area (Å²) in [4.78, 5) is 0. The Balaban J connectivity index is 1.49. The minimum absolute atomic E-state index is 0.748. The molecule has 2 fully saturated rings. The largest absolute Gasteiger partial charge is 0.0933 e. The van der Waals surface area contributed by atoms with Crippen LogP contribution in [0.3, 0.4) is 0 Å². The molecule has 0 bridgehead atoms. The number of hydrogen-bond donors (Lipinski definition) is 0. The van der Waals surface area contributed by atoms with Gasteiger partial charge < -0.3 is 0 Å². The van der Waals surface area contributed by atoms with Gasteiger partial charge in [0.05, 0.1) is 0 Å². The highest BCUT2D eigenvalue weighted by molar-refractivity contribution is 6.25.